The molecule has 0 N–H and O–H groups in total. The van der Waals surface area contributed by atoms with Crippen LogP contribution in [0.4, 0.5) is 4.39 Å². The van der Waals surface area contributed by atoms with Crippen molar-refractivity contribution in [2.45, 2.75) is 6.42 Å². The van der Waals surface area contributed by atoms with Gasteiger partial charge in [0.25, 0.3) is 0 Å². The standard InChI is InChI=1S/C13H17FO4/c1-16-7-8-18-6-5-13(15)11-4-3-10(17-2)9-12(11)14/h3-4,9H,5-8H2,1-2H3. The molecule has 1 aromatic rings. The number of benzene rings is 1. The number of Topliss-reactive ketones (excluding diaryl/α,β-unsaturated/α-hetero) is 1. The van der Waals surface area contributed by atoms with Crippen LogP contribution in [0.3, 0.4) is 0 Å². The van der Waals surface area contributed by atoms with Crippen molar-refractivity contribution in [3.63, 3.8) is 0 Å². The highest BCUT2D eigenvalue weighted by Gasteiger charge is 2.12. The number of ether oxygens (including phenoxy) is 3. The highest BCUT2D eigenvalue weighted by atomic mass is 19.1. The zero-order chi connectivity index (χ0) is 13.4. The lowest BCUT2D eigenvalue weighted by molar-refractivity contribution is 0.0640. The fourth-order valence-electron chi connectivity index (χ4n) is 1.39. The Hall–Kier alpha value is -1.46. The number of ketones is 1. The molecule has 100 valence electrons. The van der Waals surface area contributed by atoms with Crippen LogP contribution in [-0.4, -0.2) is 39.8 Å². The number of hydrogen-bond donors (Lipinski definition) is 0. The second kappa shape index (κ2) is 7.79. The van der Waals surface area contributed by atoms with Crippen LogP contribution >= 0.6 is 0 Å². The molecule has 1 aromatic carbocycles. The third-order valence-electron chi connectivity index (χ3n) is 2.38. The summed E-state index contributed by atoms with van der Waals surface area (Å²) in [7, 11) is 3.02. The molecule has 4 nitrogen and oxygen atoms in total. The predicted molar refractivity (Wildman–Crippen MR) is 64.6 cm³/mol. The third-order valence-corrected chi connectivity index (χ3v) is 2.38. The van der Waals surface area contributed by atoms with Crippen LogP contribution < -0.4 is 4.74 Å². The average molecular weight is 256 g/mol. The van der Waals surface area contributed by atoms with E-state index in [1.807, 2.05) is 0 Å². The number of methoxy groups -OCH3 is 2. The molecule has 1 rings (SSSR count). The zero-order valence-electron chi connectivity index (χ0n) is 10.6. The molecule has 0 radical (unpaired) electrons. The molecule has 0 aliphatic carbocycles. The van der Waals surface area contributed by atoms with Crippen LogP contribution in [0.15, 0.2) is 18.2 Å². The molecule has 18 heavy (non-hydrogen) atoms. The second-order valence-corrected chi connectivity index (χ2v) is 3.62. The van der Waals surface area contributed by atoms with Gasteiger partial charge in [-0.3, -0.25) is 4.79 Å². The summed E-state index contributed by atoms with van der Waals surface area (Å²) in [5, 5.41) is 0. The van der Waals surface area contributed by atoms with Crippen LogP contribution in [0.1, 0.15) is 16.8 Å². The fourth-order valence-corrected chi connectivity index (χ4v) is 1.39. The molecule has 5 heteroatoms. The SMILES string of the molecule is COCCOCCC(=O)c1ccc(OC)cc1F. The van der Waals surface area contributed by atoms with Gasteiger partial charge in [-0.1, -0.05) is 0 Å². The molecule has 0 saturated carbocycles. The van der Waals surface area contributed by atoms with E-state index in [0.29, 0.717) is 19.0 Å². The summed E-state index contributed by atoms with van der Waals surface area (Å²) in [5.41, 5.74) is 0.0612. The number of rotatable bonds is 8. The summed E-state index contributed by atoms with van der Waals surface area (Å²) < 4.78 is 28.4. The van der Waals surface area contributed by atoms with Gasteiger partial charge in [0, 0.05) is 19.6 Å². The van der Waals surface area contributed by atoms with Gasteiger partial charge in [-0.2, -0.15) is 0 Å². The molecule has 0 fully saturated rings. The monoisotopic (exact) mass is 256 g/mol. The summed E-state index contributed by atoms with van der Waals surface area (Å²) >= 11 is 0. The maximum atomic E-state index is 13.6. The van der Waals surface area contributed by atoms with Gasteiger partial charge in [-0.25, -0.2) is 4.39 Å². The summed E-state index contributed by atoms with van der Waals surface area (Å²) in [6, 6.07) is 4.17. The first kappa shape index (κ1) is 14.6. The van der Waals surface area contributed by atoms with Crippen LogP contribution in [-0.2, 0) is 9.47 Å². The molecule has 0 unspecified atom stereocenters. The predicted octanol–water partition coefficient (Wildman–Crippen LogP) is 2.07. The van der Waals surface area contributed by atoms with Crippen molar-refractivity contribution in [1.29, 1.82) is 0 Å². The van der Waals surface area contributed by atoms with Crippen molar-refractivity contribution in [2.75, 3.05) is 34.0 Å². The van der Waals surface area contributed by atoms with Gasteiger partial charge in [-0.15, -0.1) is 0 Å². The molecular weight excluding hydrogens is 239 g/mol. The van der Waals surface area contributed by atoms with Crippen molar-refractivity contribution < 1.29 is 23.4 Å². The minimum atomic E-state index is -0.573. The number of carbonyl (C=O) groups is 1. The van der Waals surface area contributed by atoms with Gasteiger partial charge in [0.05, 0.1) is 32.5 Å². The normalized spacial score (nSPS) is 10.4. The lowest BCUT2D eigenvalue weighted by Crippen LogP contribution is -2.09. The van der Waals surface area contributed by atoms with Gasteiger partial charge < -0.3 is 14.2 Å². The van der Waals surface area contributed by atoms with Crippen molar-refractivity contribution in [3.8, 4) is 5.75 Å². The summed E-state index contributed by atoms with van der Waals surface area (Å²) in [5.74, 6) is -0.468. The van der Waals surface area contributed by atoms with E-state index in [2.05, 4.69) is 0 Å². The largest absolute Gasteiger partial charge is 0.497 e. The Kier molecular flexibility index (Phi) is 6.32. The third kappa shape index (κ3) is 4.43. The van der Waals surface area contributed by atoms with E-state index in [1.54, 1.807) is 13.2 Å². The lowest BCUT2D eigenvalue weighted by Gasteiger charge is -2.06. The van der Waals surface area contributed by atoms with E-state index in [0.717, 1.165) is 0 Å². The molecule has 0 aromatic heterocycles. The van der Waals surface area contributed by atoms with E-state index in [-0.39, 0.29) is 24.4 Å². The summed E-state index contributed by atoms with van der Waals surface area (Å²) in [4.78, 5) is 11.7. The first-order valence-corrected chi connectivity index (χ1v) is 5.62. The van der Waals surface area contributed by atoms with E-state index in [4.69, 9.17) is 14.2 Å². The zero-order valence-corrected chi connectivity index (χ0v) is 10.6. The highest BCUT2D eigenvalue weighted by molar-refractivity contribution is 5.96. The van der Waals surface area contributed by atoms with Crippen LogP contribution in [0.25, 0.3) is 0 Å². The van der Waals surface area contributed by atoms with Gasteiger partial charge in [0.15, 0.2) is 5.78 Å². The Morgan fingerprint density at radius 1 is 1.22 bits per heavy atom. The maximum Gasteiger partial charge on any atom is 0.168 e. The first-order valence-electron chi connectivity index (χ1n) is 5.62. The van der Waals surface area contributed by atoms with Gasteiger partial charge in [-0.05, 0) is 12.1 Å². The second-order valence-electron chi connectivity index (χ2n) is 3.62. The molecule has 0 spiro atoms. The van der Waals surface area contributed by atoms with Gasteiger partial charge in [0.1, 0.15) is 11.6 Å². The maximum absolute atomic E-state index is 13.6. The van der Waals surface area contributed by atoms with Crippen LogP contribution in [0, 0.1) is 5.82 Å². The minimum Gasteiger partial charge on any atom is -0.497 e. The summed E-state index contributed by atoms with van der Waals surface area (Å²) in [6.45, 7) is 1.16. The Bertz CT molecular complexity index is 393. The van der Waals surface area contributed by atoms with Gasteiger partial charge >= 0.3 is 0 Å². The van der Waals surface area contributed by atoms with Crippen molar-refractivity contribution in [2.24, 2.45) is 0 Å². The Balaban J connectivity index is 2.46. The molecule has 0 amide bonds. The fraction of sp³-hybridized carbons (Fsp3) is 0.462. The van der Waals surface area contributed by atoms with E-state index >= 15 is 0 Å². The summed E-state index contributed by atoms with van der Waals surface area (Å²) in [6.07, 6.45) is 0.146. The lowest BCUT2D eigenvalue weighted by atomic mass is 10.1. The van der Waals surface area contributed by atoms with Crippen molar-refractivity contribution >= 4 is 5.78 Å². The van der Waals surface area contributed by atoms with E-state index in [9.17, 15) is 9.18 Å². The van der Waals surface area contributed by atoms with E-state index in [1.165, 1.54) is 19.2 Å². The quantitative estimate of drug-likeness (QED) is 0.527. The molecule has 0 aliphatic rings. The van der Waals surface area contributed by atoms with Crippen molar-refractivity contribution in [1.82, 2.24) is 0 Å². The topological polar surface area (TPSA) is 44.8 Å². The highest BCUT2D eigenvalue weighted by Crippen LogP contribution is 2.17. The Morgan fingerprint density at radius 2 is 2.00 bits per heavy atom. The molecule has 0 bridgehead atoms. The number of halogens is 1. The van der Waals surface area contributed by atoms with Gasteiger partial charge in [0.2, 0.25) is 0 Å². The molecule has 0 saturated heterocycles. The Morgan fingerprint density at radius 3 is 2.61 bits per heavy atom. The smallest absolute Gasteiger partial charge is 0.168 e. The van der Waals surface area contributed by atoms with Crippen molar-refractivity contribution in [3.05, 3.63) is 29.6 Å². The molecule has 0 atom stereocenters. The number of carbonyl (C=O) groups excluding carboxylic acids is 1. The van der Waals surface area contributed by atoms with Crippen LogP contribution in [0.5, 0.6) is 5.75 Å². The van der Waals surface area contributed by atoms with E-state index < -0.39 is 5.82 Å². The minimum absolute atomic E-state index is 0.0612. The first-order chi connectivity index (χ1) is 8.69. The van der Waals surface area contributed by atoms with Crippen LogP contribution in [0.2, 0.25) is 0 Å². The number of hydrogen-bond acceptors (Lipinski definition) is 4. The average Bonchev–Trinajstić information content (AvgIpc) is 2.38. The Labute approximate surface area is 106 Å². The molecule has 0 aliphatic heterocycles. The molecular formula is C13H17FO4. The molecule has 0 heterocycles.